The van der Waals surface area contributed by atoms with Gasteiger partial charge >= 0.3 is 0 Å². The van der Waals surface area contributed by atoms with Crippen molar-refractivity contribution in [3.8, 4) is 11.1 Å². The summed E-state index contributed by atoms with van der Waals surface area (Å²) < 4.78 is 18.6. The number of methoxy groups -OCH3 is 1. The van der Waals surface area contributed by atoms with E-state index in [1.807, 2.05) is 24.3 Å². The standard InChI is InChI=1S/C21H24FNO2/c1-25-15-21(12-4-5-13-21)14-23-20(24)19-7-3-2-6-18(19)16-8-10-17(22)11-9-16/h2-3,6-11H,4-5,12-15H2,1H3,(H,23,24). The van der Waals surface area contributed by atoms with Gasteiger partial charge < -0.3 is 10.1 Å². The third-order valence-electron chi connectivity index (χ3n) is 5.07. The van der Waals surface area contributed by atoms with Gasteiger partial charge in [0.2, 0.25) is 0 Å². The number of carbonyl (C=O) groups is 1. The largest absolute Gasteiger partial charge is 0.384 e. The van der Waals surface area contributed by atoms with Crippen LogP contribution >= 0.6 is 0 Å². The van der Waals surface area contributed by atoms with Crippen molar-refractivity contribution in [1.29, 1.82) is 0 Å². The average molecular weight is 341 g/mol. The van der Waals surface area contributed by atoms with Crippen LogP contribution in [0.2, 0.25) is 0 Å². The van der Waals surface area contributed by atoms with Gasteiger partial charge in [-0.3, -0.25) is 4.79 Å². The first-order valence-corrected chi connectivity index (χ1v) is 8.76. The van der Waals surface area contributed by atoms with Crippen molar-refractivity contribution in [3.63, 3.8) is 0 Å². The van der Waals surface area contributed by atoms with Crippen LogP contribution in [0.1, 0.15) is 36.0 Å². The SMILES string of the molecule is COCC1(CNC(=O)c2ccccc2-c2ccc(F)cc2)CCCC1. The van der Waals surface area contributed by atoms with Crippen LogP contribution in [0, 0.1) is 11.2 Å². The van der Waals surface area contributed by atoms with Gasteiger partial charge in [0, 0.05) is 24.6 Å². The Morgan fingerprint density at radius 3 is 2.48 bits per heavy atom. The molecule has 0 heterocycles. The molecule has 1 aliphatic rings. The lowest BCUT2D eigenvalue weighted by Crippen LogP contribution is -2.38. The minimum atomic E-state index is -0.284. The fourth-order valence-corrected chi connectivity index (χ4v) is 3.73. The molecule has 1 fully saturated rings. The fourth-order valence-electron chi connectivity index (χ4n) is 3.73. The maximum Gasteiger partial charge on any atom is 0.251 e. The summed E-state index contributed by atoms with van der Waals surface area (Å²) in [6.45, 7) is 1.30. The number of benzene rings is 2. The maximum absolute atomic E-state index is 13.2. The highest BCUT2D eigenvalue weighted by molar-refractivity contribution is 6.00. The number of carbonyl (C=O) groups excluding carboxylic acids is 1. The van der Waals surface area contributed by atoms with Crippen LogP contribution in [0.4, 0.5) is 4.39 Å². The van der Waals surface area contributed by atoms with E-state index < -0.39 is 0 Å². The van der Waals surface area contributed by atoms with Crippen LogP contribution in [-0.2, 0) is 4.74 Å². The van der Waals surface area contributed by atoms with E-state index in [0.717, 1.165) is 24.0 Å². The number of ether oxygens (including phenoxy) is 1. The predicted octanol–water partition coefficient (Wildman–Crippen LogP) is 4.43. The van der Waals surface area contributed by atoms with E-state index in [1.165, 1.54) is 25.0 Å². The Labute approximate surface area is 148 Å². The molecule has 1 amide bonds. The molecule has 4 heteroatoms. The van der Waals surface area contributed by atoms with Crippen LogP contribution in [0.5, 0.6) is 0 Å². The first kappa shape index (κ1) is 17.6. The van der Waals surface area contributed by atoms with E-state index in [2.05, 4.69) is 5.32 Å². The van der Waals surface area contributed by atoms with Gasteiger partial charge in [0.25, 0.3) is 5.91 Å². The summed E-state index contributed by atoms with van der Waals surface area (Å²) in [5.41, 5.74) is 2.31. The summed E-state index contributed by atoms with van der Waals surface area (Å²) in [5.74, 6) is -0.379. The van der Waals surface area contributed by atoms with Gasteiger partial charge in [-0.1, -0.05) is 43.2 Å². The van der Waals surface area contributed by atoms with Gasteiger partial charge in [-0.2, -0.15) is 0 Å². The lowest BCUT2D eigenvalue weighted by molar-refractivity contribution is 0.0741. The molecule has 3 nitrogen and oxygen atoms in total. The molecule has 2 aromatic carbocycles. The summed E-state index contributed by atoms with van der Waals surface area (Å²) >= 11 is 0. The van der Waals surface area contributed by atoms with E-state index in [4.69, 9.17) is 4.74 Å². The second kappa shape index (κ2) is 7.79. The Hall–Kier alpha value is -2.20. The van der Waals surface area contributed by atoms with Crippen molar-refractivity contribution in [2.24, 2.45) is 5.41 Å². The zero-order valence-corrected chi connectivity index (χ0v) is 14.6. The van der Waals surface area contributed by atoms with Crippen molar-refractivity contribution >= 4 is 5.91 Å². The van der Waals surface area contributed by atoms with Crippen LogP contribution in [0.25, 0.3) is 11.1 Å². The van der Waals surface area contributed by atoms with Crippen molar-refractivity contribution in [2.45, 2.75) is 25.7 Å². The quantitative estimate of drug-likeness (QED) is 0.844. The maximum atomic E-state index is 13.2. The van der Waals surface area contributed by atoms with Crippen LogP contribution in [0.3, 0.4) is 0 Å². The molecule has 3 rings (SSSR count). The second-order valence-corrected chi connectivity index (χ2v) is 6.88. The Morgan fingerprint density at radius 1 is 1.12 bits per heavy atom. The van der Waals surface area contributed by atoms with E-state index in [-0.39, 0.29) is 17.1 Å². The molecule has 1 N–H and O–H groups in total. The molecule has 0 atom stereocenters. The van der Waals surface area contributed by atoms with Crippen molar-refractivity contribution in [3.05, 3.63) is 59.9 Å². The highest BCUT2D eigenvalue weighted by atomic mass is 19.1. The molecule has 0 bridgehead atoms. The van der Waals surface area contributed by atoms with Gasteiger partial charge in [0.05, 0.1) is 6.61 Å². The second-order valence-electron chi connectivity index (χ2n) is 6.88. The Balaban J connectivity index is 1.77. The van der Waals surface area contributed by atoms with E-state index in [1.54, 1.807) is 19.2 Å². The Kier molecular flexibility index (Phi) is 5.49. The Bertz CT molecular complexity index is 721. The lowest BCUT2D eigenvalue weighted by atomic mass is 9.87. The number of rotatable bonds is 6. The van der Waals surface area contributed by atoms with Crippen molar-refractivity contribution in [1.82, 2.24) is 5.32 Å². The summed E-state index contributed by atoms with van der Waals surface area (Å²) in [6.07, 6.45) is 4.54. The molecule has 2 aromatic rings. The summed E-state index contributed by atoms with van der Waals surface area (Å²) in [7, 11) is 1.71. The predicted molar refractivity (Wildman–Crippen MR) is 96.9 cm³/mol. The molecular formula is C21H24FNO2. The molecule has 132 valence electrons. The number of halogens is 1. The molecule has 0 unspecified atom stereocenters. The number of amides is 1. The van der Waals surface area contributed by atoms with Gasteiger partial charge in [-0.25, -0.2) is 4.39 Å². The van der Waals surface area contributed by atoms with Crippen molar-refractivity contribution < 1.29 is 13.9 Å². The topological polar surface area (TPSA) is 38.3 Å². The molecule has 0 radical (unpaired) electrons. The number of hydrogen-bond donors (Lipinski definition) is 1. The lowest BCUT2D eigenvalue weighted by Gasteiger charge is -2.28. The Morgan fingerprint density at radius 2 is 1.80 bits per heavy atom. The van der Waals surface area contributed by atoms with Crippen LogP contribution in [-0.4, -0.2) is 26.2 Å². The van der Waals surface area contributed by atoms with Gasteiger partial charge in [0.1, 0.15) is 5.82 Å². The fraction of sp³-hybridized carbons (Fsp3) is 0.381. The highest BCUT2D eigenvalue weighted by Gasteiger charge is 2.34. The summed E-state index contributed by atoms with van der Waals surface area (Å²) in [5, 5.41) is 3.10. The minimum absolute atomic E-state index is 0.0508. The number of nitrogens with one attached hydrogen (secondary N) is 1. The molecule has 0 spiro atoms. The molecule has 0 aliphatic heterocycles. The summed E-state index contributed by atoms with van der Waals surface area (Å²) in [4.78, 5) is 12.8. The smallest absolute Gasteiger partial charge is 0.251 e. The first-order valence-electron chi connectivity index (χ1n) is 8.76. The van der Waals surface area contributed by atoms with Crippen LogP contribution < -0.4 is 5.32 Å². The number of hydrogen-bond acceptors (Lipinski definition) is 2. The van der Waals surface area contributed by atoms with Gasteiger partial charge in [-0.15, -0.1) is 0 Å². The zero-order valence-electron chi connectivity index (χ0n) is 14.6. The molecular weight excluding hydrogens is 317 g/mol. The third kappa shape index (κ3) is 4.07. The van der Waals surface area contributed by atoms with E-state index in [0.29, 0.717) is 18.7 Å². The zero-order chi connectivity index (χ0) is 17.7. The van der Waals surface area contributed by atoms with Crippen molar-refractivity contribution in [2.75, 3.05) is 20.3 Å². The third-order valence-corrected chi connectivity index (χ3v) is 5.07. The van der Waals surface area contributed by atoms with Gasteiger partial charge in [-0.05, 0) is 42.2 Å². The molecule has 1 aliphatic carbocycles. The normalized spacial score (nSPS) is 15.9. The molecule has 25 heavy (non-hydrogen) atoms. The highest BCUT2D eigenvalue weighted by Crippen LogP contribution is 2.37. The van der Waals surface area contributed by atoms with Gasteiger partial charge in [0.15, 0.2) is 0 Å². The van der Waals surface area contributed by atoms with E-state index >= 15 is 0 Å². The van der Waals surface area contributed by atoms with E-state index in [9.17, 15) is 9.18 Å². The van der Waals surface area contributed by atoms with Crippen LogP contribution in [0.15, 0.2) is 48.5 Å². The first-order chi connectivity index (χ1) is 12.1. The molecule has 0 saturated heterocycles. The summed E-state index contributed by atoms with van der Waals surface area (Å²) in [6, 6.07) is 13.7. The monoisotopic (exact) mass is 341 g/mol. The minimum Gasteiger partial charge on any atom is -0.384 e. The molecule has 0 aromatic heterocycles. The molecule has 1 saturated carbocycles. The average Bonchev–Trinajstić information content (AvgIpc) is 3.10.